The summed E-state index contributed by atoms with van der Waals surface area (Å²) in [5, 5.41) is 0.592. The third-order valence-corrected chi connectivity index (χ3v) is 3.56. The van der Waals surface area contributed by atoms with E-state index in [1.165, 1.54) is 4.90 Å². The summed E-state index contributed by atoms with van der Waals surface area (Å²) in [7, 11) is 1.80. The average molecular weight is 269 g/mol. The number of hydrogen-bond acceptors (Lipinski definition) is 3. The van der Waals surface area contributed by atoms with Gasteiger partial charge in [0, 0.05) is 23.7 Å². The highest BCUT2D eigenvalue weighted by Crippen LogP contribution is 2.23. The molecule has 94 valence electrons. The first-order valence-corrected chi connectivity index (χ1v) is 7.14. The second kappa shape index (κ2) is 6.97. The molecule has 0 heterocycles. The van der Waals surface area contributed by atoms with Crippen LogP contribution in [0.3, 0.4) is 0 Å². The molecule has 0 aliphatic heterocycles. The number of nitrogens with zero attached hydrogens (tertiary/aromatic N) is 1. The molecule has 0 aliphatic rings. The molecule has 0 radical (unpaired) electrons. The Bertz CT molecular complexity index is 362. The van der Waals surface area contributed by atoms with Crippen molar-refractivity contribution in [3.8, 4) is 0 Å². The van der Waals surface area contributed by atoms with Crippen LogP contribution >= 0.6 is 24.4 Å². The SMILES string of the molecule is CC(C)Sc1ccc(CN(C)C(=O)CS)cc1. The summed E-state index contributed by atoms with van der Waals surface area (Å²) >= 11 is 5.82. The van der Waals surface area contributed by atoms with Crippen molar-refractivity contribution in [1.82, 2.24) is 4.90 Å². The molecule has 1 amide bonds. The number of benzene rings is 1. The summed E-state index contributed by atoms with van der Waals surface area (Å²) in [5.41, 5.74) is 1.15. The van der Waals surface area contributed by atoms with Crippen LogP contribution in [0.15, 0.2) is 29.2 Å². The standard InChI is InChI=1S/C13H19NOS2/c1-10(2)17-12-6-4-11(5-7-12)8-14(3)13(15)9-16/h4-7,10,16H,8-9H2,1-3H3. The van der Waals surface area contributed by atoms with Gasteiger partial charge in [-0.2, -0.15) is 12.6 Å². The van der Waals surface area contributed by atoms with E-state index >= 15 is 0 Å². The molecule has 1 aromatic carbocycles. The quantitative estimate of drug-likeness (QED) is 0.655. The largest absolute Gasteiger partial charge is 0.341 e. The highest BCUT2D eigenvalue weighted by Gasteiger charge is 2.06. The summed E-state index contributed by atoms with van der Waals surface area (Å²) in [6.45, 7) is 5.00. The van der Waals surface area contributed by atoms with Crippen LogP contribution in [0, 0.1) is 0 Å². The van der Waals surface area contributed by atoms with E-state index in [1.54, 1.807) is 11.9 Å². The molecule has 0 atom stereocenters. The molecule has 4 heteroatoms. The number of carbonyl (C=O) groups is 1. The van der Waals surface area contributed by atoms with Crippen LogP contribution in [0.25, 0.3) is 0 Å². The van der Waals surface area contributed by atoms with Crippen LogP contribution in [-0.4, -0.2) is 28.9 Å². The van der Waals surface area contributed by atoms with Gasteiger partial charge in [0.1, 0.15) is 0 Å². The lowest BCUT2D eigenvalue weighted by atomic mass is 10.2. The highest BCUT2D eigenvalue weighted by atomic mass is 32.2. The Labute approximate surface area is 113 Å². The fourth-order valence-corrected chi connectivity index (χ4v) is 2.51. The van der Waals surface area contributed by atoms with Crippen molar-refractivity contribution in [3.05, 3.63) is 29.8 Å². The van der Waals surface area contributed by atoms with Crippen molar-refractivity contribution < 1.29 is 4.79 Å². The van der Waals surface area contributed by atoms with Crippen LogP contribution in [0.4, 0.5) is 0 Å². The zero-order valence-corrected chi connectivity index (χ0v) is 12.2. The van der Waals surface area contributed by atoms with Gasteiger partial charge in [-0.1, -0.05) is 26.0 Å². The number of thiol groups is 1. The molecule has 0 unspecified atom stereocenters. The predicted molar refractivity (Wildman–Crippen MR) is 77.8 cm³/mol. The van der Waals surface area contributed by atoms with Crippen LogP contribution in [0.2, 0.25) is 0 Å². The number of carbonyl (C=O) groups excluding carboxylic acids is 1. The minimum Gasteiger partial charge on any atom is -0.341 e. The molecule has 0 aromatic heterocycles. The molecule has 2 nitrogen and oxygen atoms in total. The van der Waals surface area contributed by atoms with E-state index in [9.17, 15) is 4.79 Å². The van der Waals surface area contributed by atoms with Gasteiger partial charge in [0.05, 0.1) is 5.75 Å². The first-order valence-electron chi connectivity index (χ1n) is 5.63. The van der Waals surface area contributed by atoms with Gasteiger partial charge in [-0.05, 0) is 17.7 Å². The van der Waals surface area contributed by atoms with Crippen molar-refractivity contribution in [3.63, 3.8) is 0 Å². The van der Waals surface area contributed by atoms with Crippen molar-refractivity contribution in [2.75, 3.05) is 12.8 Å². The summed E-state index contributed by atoms with van der Waals surface area (Å²) < 4.78 is 0. The van der Waals surface area contributed by atoms with Crippen LogP contribution in [-0.2, 0) is 11.3 Å². The van der Waals surface area contributed by atoms with E-state index < -0.39 is 0 Å². The Morgan fingerprint density at radius 3 is 2.41 bits per heavy atom. The average Bonchev–Trinajstić information content (AvgIpc) is 2.30. The summed E-state index contributed by atoms with van der Waals surface area (Å²) in [4.78, 5) is 14.3. The van der Waals surface area contributed by atoms with Crippen molar-refractivity contribution in [2.45, 2.75) is 30.5 Å². The first kappa shape index (κ1) is 14.5. The molecule has 0 saturated carbocycles. The molecule has 1 rings (SSSR count). The van der Waals surface area contributed by atoms with E-state index in [-0.39, 0.29) is 11.7 Å². The number of hydrogen-bond donors (Lipinski definition) is 1. The van der Waals surface area contributed by atoms with E-state index in [1.807, 2.05) is 11.8 Å². The van der Waals surface area contributed by atoms with Gasteiger partial charge in [-0.3, -0.25) is 4.79 Å². The van der Waals surface area contributed by atoms with E-state index in [2.05, 4.69) is 50.7 Å². The first-order chi connectivity index (χ1) is 8.02. The lowest BCUT2D eigenvalue weighted by Crippen LogP contribution is -2.27. The number of rotatable bonds is 5. The molecule has 0 N–H and O–H groups in total. The maximum absolute atomic E-state index is 11.4. The lowest BCUT2D eigenvalue weighted by molar-refractivity contribution is -0.127. The van der Waals surface area contributed by atoms with E-state index in [0.717, 1.165) is 5.56 Å². The van der Waals surface area contributed by atoms with Crippen molar-refractivity contribution >= 4 is 30.3 Å². The zero-order valence-electron chi connectivity index (χ0n) is 10.5. The minimum absolute atomic E-state index is 0.0500. The third-order valence-electron chi connectivity index (χ3n) is 2.28. The molecule has 0 saturated heterocycles. The second-order valence-corrected chi connectivity index (χ2v) is 6.18. The summed E-state index contributed by atoms with van der Waals surface area (Å²) in [6.07, 6.45) is 0. The van der Waals surface area contributed by atoms with Gasteiger partial charge in [0.25, 0.3) is 0 Å². The topological polar surface area (TPSA) is 20.3 Å². The number of amides is 1. The smallest absolute Gasteiger partial charge is 0.232 e. The number of thioether (sulfide) groups is 1. The monoisotopic (exact) mass is 269 g/mol. The van der Waals surface area contributed by atoms with Gasteiger partial charge < -0.3 is 4.90 Å². The molecule has 17 heavy (non-hydrogen) atoms. The Hall–Kier alpha value is -0.610. The fraction of sp³-hybridized carbons (Fsp3) is 0.462. The van der Waals surface area contributed by atoms with Crippen molar-refractivity contribution in [1.29, 1.82) is 0 Å². The maximum Gasteiger partial charge on any atom is 0.232 e. The van der Waals surface area contributed by atoms with Gasteiger partial charge in [0.15, 0.2) is 0 Å². The minimum atomic E-state index is 0.0500. The Morgan fingerprint density at radius 1 is 1.35 bits per heavy atom. The van der Waals surface area contributed by atoms with Gasteiger partial charge >= 0.3 is 0 Å². The molecule has 0 fully saturated rings. The maximum atomic E-state index is 11.4. The predicted octanol–water partition coefficient (Wildman–Crippen LogP) is 3.08. The van der Waals surface area contributed by atoms with E-state index in [4.69, 9.17) is 0 Å². The second-order valence-electron chi connectivity index (χ2n) is 4.22. The van der Waals surface area contributed by atoms with Crippen LogP contribution < -0.4 is 0 Å². The van der Waals surface area contributed by atoms with Gasteiger partial charge in [0.2, 0.25) is 5.91 Å². The molecule has 0 bridgehead atoms. The summed E-state index contributed by atoms with van der Waals surface area (Å²) in [5.74, 6) is 0.312. The normalized spacial score (nSPS) is 10.6. The fourth-order valence-electron chi connectivity index (χ4n) is 1.43. The van der Waals surface area contributed by atoms with Gasteiger partial charge in [-0.25, -0.2) is 0 Å². The zero-order chi connectivity index (χ0) is 12.8. The van der Waals surface area contributed by atoms with Crippen LogP contribution in [0.5, 0.6) is 0 Å². The highest BCUT2D eigenvalue weighted by molar-refractivity contribution is 7.99. The van der Waals surface area contributed by atoms with Crippen LogP contribution in [0.1, 0.15) is 19.4 Å². The third kappa shape index (κ3) is 5.04. The molecule has 0 spiro atoms. The molecule has 0 aliphatic carbocycles. The molecule has 1 aromatic rings. The van der Waals surface area contributed by atoms with Gasteiger partial charge in [-0.15, -0.1) is 11.8 Å². The lowest BCUT2D eigenvalue weighted by Gasteiger charge is -2.16. The molecular weight excluding hydrogens is 250 g/mol. The summed E-state index contributed by atoms with van der Waals surface area (Å²) in [6, 6.07) is 8.37. The molecular formula is C13H19NOS2. The van der Waals surface area contributed by atoms with E-state index in [0.29, 0.717) is 11.8 Å². The van der Waals surface area contributed by atoms with Crippen molar-refractivity contribution in [2.24, 2.45) is 0 Å². The Morgan fingerprint density at radius 2 is 1.94 bits per heavy atom. The Balaban J connectivity index is 2.59. The Kier molecular flexibility index (Phi) is 5.92.